The first-order valence-electron chi connectivity index (χ1n) is 6.75. The Morgan fingerprint density at radius 2 is 1.35 bits per heavy atom. The van der Waals surface area contributed by atoms with Crippen LogP contribution in [-0.2, 0) is 0 Å². The van der Waals surface area contributed by atoms with Gasteiger partial charge in [-0.2, -0.15) is 0 Å². The molecule has 0 unspecified atom stereocenters. The van der Waals surface area contributed by atoms with E-state index in [0.29, 0.717) is 0 Å². The van der Waals surface area contributed by atoms with Crippen LogP contribution in [0.2, 0.25) is 0 Å². The minimum atomic E-state index is 1.05. The van der Waals surface area contributed by atoms with Crippen LogP contribution in [0.4, 0.5) is 0 Å². The average Bonchev–Trinajstić information content (AvgIpc) is 2.55. The largest absolute Gasteiger partial charge is 0.256 e. The van der Waals surface area contributed by atoms with Crippen LogP contribution in [-0.4, -0.2) is 4.98 Å². The van der Waals surface area contributed by atoms with Crippen molar-refractivity contribution in [2.75, 3.05) is 0 Å². The zero-order valence-corrected chi connectivity index (χ0v) is 11.0. The summed E-state index contributed by atoms with van der Waals surface area (Å²) < 4.78 is 0. The Balaban J connectivity index is 2.12. The van der Waals surface area contributed by atoms with E-state index in [2.05, 4.69) is 71.7 Å². The first kappa shape index (κ1) is 11.2. The molecule has 94 valence electrons. The van der Waals surface area contributed by atoms with Crippen molar-refractivity contribution in [1.82, 2.24) is 4.98 Å². The van der Waals surface area contributed by atoms with E-state index in [4.69, 9.17) is 0 Å². The van der Waals surface area contributed by atoms with Gasteiger partial charge in [-0.1, -0.05) is 66.7 Å². The molecule has 1 heteroatoms. The predicted octanol–water partition coefficient (Wildman–Crippen LogP) is 5.06. The molecule has 0 aliphatic heterocycles. The molecule has 0 atom stereocenters. The first-order chi connectivity index (χ1) is 9.93. The van der Waals surface area contributed by atoms with Crippen molar-refractivity contribution in [2.24, 2.45) is 0 Å². The predicted molar refractivity (Wildman–Crippen MR) is 84.7 cm³/mol. The van der Waals surface area contributed by atoms with Crippen molar-refractivity contribution in [1.29, 1.82) is 0 Å². The standard InChI is InChI=1S/C19H13N/c1-2-7-15(8-3-1)19-18-11-10-14-6-4-5-9-16(14)17(18)12-13-20-19/h1-13H. The van der Waals surface area contributed by atoms with Gasteiger partial charge in [0, 0.05) is 17.1 Å². The highest BCUT2D eigenvalue weighted by Gasteiger charge is 2.07. The summed E-state index contributed by atoms with van der Waals surface area (Å²) >= 11 is 0. The monoisotopic (exact) mass is 255 g/mol. The van der Waals surface area contributed by atoms with Gasteiger partial charge in [0.05, 0.1) is 5.69 Å². The number of pyridine rings is 1. The van der Waals surface area contributed by atoms with E-state index in [0.717, 1.165) is 11.3 Å². The highest BCUT2D eigenvalue weighted by molar-refractivity contribution is 6.11. The second-order valence-electron chi connectivity index (χ2n) is 4.91. The van der Waals surface area contributed by atoms with Crippen LogP contribution in [0.15, 0.2) is 79.0 Å². The third-order valence-electron chi connectivity index (χ3n) is 3.72. The van der Waals surface area contributed by atoms with Crippen LogP contribution >= 0.6 is 0 Å². The maximum absolute atomic E-state index is 4.58. The lowest BCUT2D eigenvalue weighted by Gasteiger charge is -2.08. The van der Waals surface area contributed by atoms with Gasteiger partial charge in [0.15, 0.2) is 0 Å². The number of hydrogen-bond donors (Lipinski definition) is 0. The number of fused-ring (bicyclic) bond motifs is 3. The SMILES string of the molecule is c1ccc(-c2nccc3c2ccc2ccccc23)cc1. The lowest BCUT2D eigenvalue weighted by atomic mass is 9.99. The Bertz CT molecular complexity index is 895. The minimum Gasteiger partial charge on any atom is -0.256 e. The molecule has 1 heterocycles. The fourth-order valence-electron chi connectivity index (χ4n) is 2.76. The van der Waals surface area contributed by atoms with Gasteiger partial charge in [0.1, 0.15) is 0 Å². The number of rotatable bonds is 1. The van der Waals surface area contributed by atoms with Crippen LogP contribution in [0.3, 0.4) is 0 Å². The lowest BCUT2D eigenvalue weighted by Crippen LogP contribution is -1.86. The summed E-state index contributed by atoms with van der Waals surface area (Å²) in [5.74, 6) is 0. The van der Waals surface area contributed by atoms with Crippen molar-refractivity contribution in [2.45, 2.75) is 0 Å². The Labute approximate surface area is 117 Å². The molecule has 0 saturated carbocycles. The van der Waals surface area contributed by atoms with Gasteiger partial charge in [-0.15, -0.1) is 0 Å². The van der Waals surface area contributed by atoms with Crippen LogP contribution in [0.1, 0.15) is 0 Å². The molecule has 3 aromatic carbocycles. The maximum atomic E-state index is 4.58. The van der Waals surface area contributed by atoms with E-state index >= 15 is 0 Å². The van der Waals surface area contributed by atoms with E-state index in [1.165, 1.54) is 21.5 Å². The molecule has 1 nitrogen and oxygen atoms in total. The molecule has 0 N–H and O–H groups in total. The van der Waals surface area contributed by atoms with Gasteiger partial charge in [-0.05, 0) is 22.2 Å². The molecule has 4 rings (SSSR count). The lowest BCUT2D eigenvalue weighted by molar-refractivity contribution is 1.36. The van der Waals surface area contributed by atoms with Crippen molar-refractivity contribution in [3.05, 3.63) is 79.0 Å². The summed E-state index contributed by atoms with van der Waals surface area (Å²) in [6.07, 6.45) is 1.90. The summed E-state index contributed by atoms with van der Waals surface area (Å²) in [7, 11) is 0. The molecule has 0 aliphatic rings. The average molecular weight is 255 g/mol. The third-order valence-corrected chi connectivity index (χ3v) is 3.72. The molecule has 0 radical (unpaired) electrons. The van der Waals surface area contributed by atoms with Crippen molar-refractivity contribution < 1.29 is 0 Å². The molecule has 1 aromatic heterocycles. The van der Waals surface area contributed by atoms with Gasteiger partial charge in [0.25, 0.3) is 0 Å². The van der Waals surface area contributed by atoms with E-state index in [9.17, 15) is 0 Å². The molecule has 20 heavy (non-hydrogen) atoms. The third kappa shape index (κ3) is 1.68. The number of hydrogen-bond acceptors (Lipinski definition) is 1. The summed E-state index contributed by atoms with van der Waals surface area (Å²) in [5, 5.41) is 5.02. The topological polar surface area (TPSA) is 12.9 Å². The highest BCUT2D eigenvalue weighted by Crippen LogP contribution is 2.31. The smallest absolute Gasteiger partial charge is 0.0780 e. The first-order valence-corrected chi connectivity index (χ1v) is 6.75. The fourth-order valence-corrected chi connectivity index (χ4v) is 2.76. The summed E-state index contributed by atoms with van der Waals surface area (Å²) in [4.78, 5) is 4.58. The van der Waals surface area contributed by atoms with Gasteiger partial charge >= 0.3 is 0 Å². The number of nitrogens with zero attached hydrogens (tertiary/aromatic N) is 1. The highest BCUT2D eigenvalue weighted by atomic mass is 14.7. The minimum absolute atomic E-state index is 1.05. The van der Waals surface area contributed by atoms with Crippen molar-refractivity contribution in [3.8, 4) is 11.3 Å². The molecule has 0 spiro atoms. The van der Waals surface area contributed by atoms with Gasteiger partial charge in [-0.25, -0.2) is 0 Å². The Kier molecular flexibility index (Phi) is 2.49. The zero-order chi connectivity index (χ0) is 13.4. The molecule has 0 aliphatic carbocycles. The van der Waals surface area contributed by atoms with Crippen molar-refractivity contribution >= 4 is 21.5 Å². The number of benzene rings is 3. The quantitative estimate of drug-likeness (QED) is 0.433. The second-order valence-corrected chi connectivity index (χ2v) is 4.91. The van der Waals surface area contributed by atoms with Gasteiger partial charge in [-0.3, -0.25) is 4.98 Å². The van der Waals surface area contributed by atoms with E-state index in [1.54, 1.807) is 0 Å². The molecule has 0 bridgehead atoms. The van der Waals surface area contributed by atoms with E-state index in [1.807, 2.05) is 12.3 Å². The van der Waals surface area contributed by atoms with Gasteiger partial charge < -0.3 is 0 Å². The van der Waals surface area contributed by atoms with Gasteiger partial charge in [0.2, 0.25) is 0 Å². The van der Waals surface area contributed by atoms with Crippen LogP contribution < -0.4 is 0 Å². The van der Waals surface area contributed by atoms with Crippen LogP contribution in [0.5, 0.6) is 0 Å². The second kappa shape index (κ2) is 4.46. The molecule has 4 aromatic rings. The molecular formula is C19H13N. The summed E-state index contributed by atoms with van der Waals surface area (Å²) in [5.41, 5.74) is 2.21. The summed E-state index contributed by atoms with van der Waals surface area (Å²) in [6.45, 7) is 0. The zero-order valence-electron chi connectivity index (χ0n) is 11.0. The van der Waals surface area contributed by atoms with E-state index < -0.39 is 0 Å². The molecular weight excluding hydrogens is 242 g/mol. The Morgan fingerprint density at radius 3 is 2.25 bits per heavy atom. The van der Waals surface area contributed by atoms with E-state index in [-0.39, 0.29) is 0 Å². The molecule has 0 saturated heterocycles. The maximum Gasteiger partial charge on any atom is 0.0780 e. The van der Waals surface area contributed by atoms with Crippen molar-refractivity contribution in [3.63, 3.8) is 0 Å². The number of aromatic nitrogens is 1. The molecule has 0 fully saturated rings. The van der Waals surface area contributed by atoms with Crippen LogP contribution in [0, 0.1) is 0 Å². The normalized spacial score (nSPS) is 11.0. The van der Waals surface area contributed by atoms with Crippen LogP contribution in [0.25, 0.3) is 32.8 Å². The Hall–Kier alpha value is -2.67. The Morgan fingerprint density at radius 1 is 0.550 bits per heavy atom. The molecule has 0 amide bonds. The summed E-state index contributed by atoms with van der Waals surface area (Å²) in [6, 6.07) is 25.3. The fraction of sp³-hybridized carbons (Fsp3) is 0.